The first kappa shape index (κ1) is 12.8. The molecule has 90 valence electrons. The van der Waals surface area contributed by atoms with Gasteiger partial charge >= 0.3 is 0 Å². The molecule has 7 heteroatoms. The van der Waals surface area contributed by atoms with E-state index in [0.29, 0.717) is 0 Å². The Hall–Kier alpha value is -2.31. The maximum absolute atomic E-state index is 13.3. The van der Waals surface area contributed by atoms with E-state index in [-0.39, 0.29) is 23.4 Å². The highest BCUT2D eigenvalue weighted by Gasteiger charge is 2.13. The average Bonchev–Trinajstić information content (AvgIpc) is 2.27. The summed E-state index contributed by atoms with van der Waals surface area (Å²) in [6.07, 6.45) is 1.11. The van der Waals surface area contributed by atoms with Crippen molar-refractivity contribution >= 4 is 11.8 Å². The highest BCUT2D eigenvalue weighted by Crippen LogP contribution is 2.20. The lowest BCUT2D eigenvalue weighted by molar-refractivity contribution is -0.425. The number of halogens is 1. The van der Waals surface area contributed by atoms with Crippen LogP contribution >= 0.6 is 0 Å². The van der Waals surface area contributed by atoms with E-state index in [4.69, 9.17) is 0 Å². The lowest BCUT2D eigenvalue weighted by Gasteiger charge is -1.98. The number of benzene rings is 1. The first-order valence-electron chi connectivity index (χ1n) is 4.74. The highest BCUT2D eigenvalue weighted by molar-refractivity contribution is 5.55. The molecule has 0 unspecified atom stereocenters. The first-order chi connectivity index (χ1) is 7.95. The van der Waals surface area contributed by atoms with Crippen LogP contribution in [-0.2, 0) is 0 Å². The number of nitrogens with zero attached hydrogens (tertiary/aromatic N) is 2. The van der Waals surface area contributed by atoms with Crippen LogP contribution in [0.4, 0.5) is 10.1 Å². The molecule has 0 spiro atoms. The first-order valence-corrected chi connectivity index (χ1v) is 4.74. The van der Waals surface area contributed by atoms with E-state index in [0.717, 1.165) is 24.3 Å². The number of rotatable bonds is 4. The van der Waals surface area contributed by atoms with Crippen LogP contribution in [-0.4, -0.2) is 9.85 Å². The van der Waals surface area contributed by atoms with Crippen molar-refractivity contribution in [3.8, 4) is 0 Å². The van der Waals surface area contributed by atoms with E-state index < -0.39 is 15.7 Å². The van der Waals surface area contributed by atoms with Gasteiger partial charge in [-0.15, -0.1) is 0 Å². The molecule has 0 fully saturated rings. The molecule has 1 aromatic carbocycles. The van der Waals surface area contributed by atoms with Crippen LogP contribution in [0.2, 0.25) is 0 Å². The smallest absolute Gasteiger partial charge is 0.259 e. The van der Waals surface area contributed by atoms with Crippen molar-refractivity contribution in [1.82, 2.24) is 0 Å². The summed E-state index contributed by atoms with van der Waals surface area (Å²) >= 11 is 0. The van der Waals surface area contributed by atoms with Crippen molar-refractivity contribution in [3.05, 3.63) is 55.5 Å². The zero-order valence-electron chi connectivity index (χ0n) is 8.92. The molecule has 0 saturated heterocycles. The molecule has 0 saturated carbocycles. The topological polar surface area (TPSA) is 86.3 Å². The third kappa shape index (κ3) is 3.07. The summed E-state index contributed by atoms with van der Waals surface area (Å²) in [6, 6.07) is 2.89. The number of allylic oxidation sites excluding steroid dienone is 1. The standard InChI is InChI=1S/C10H9FN2O4/c1-2-8(12(14)15)5-7-6-9(13(16)17)3-4-10(7)11/h3-6H,2H2,1H3/b8-5-. The van der Waals surface area contributed by atoms with Gasteiger partial charge in [-0.25, -0.2) is 4.39 Å². The van der Waals surface area contributed by atoms with Crippen molar-refractivity contribution < 1.29 is 14.2 Å². The Morgan fingerprint density at radius 1 is 1.41 bits per heavy atom. The molecule has 0 aliphatic carbocycles. The maximum atomic E-state index is 13.3. The molecule has 0 N–H and O–H groups in total. The van der Waals surface area contributed by atoms with E-state index in [9.17, 15) is 24.6 Å². The number of nitro groups is 2. The molecule has 1 rings (SSSR count). The summed E-state index contributed by atoms with van der Waals surface area (Å²) in [5, 5.41) is 21.0. The van der Waals surface area contributed by atoms with E-state index in [1.807, 2.05) is 0 Å². The molecule has 0 aliphatic heterocycles. The summed E-state index contributed by atoms with van der Waals surface area (Å²) < 4.78 is 13.3. The molecule has 0 radical (unpaired) electrons. The minimum Gasteiger partial charge on any atom is -0.259 e. The van der Waals surface area contributed by atoms with E-state index >= 15 is 0 Å². The van der Waals surface area contributed by atoms with Gasteiger partial charge in [0, 0.05) is 30.2 Å². The Kier molecular flexibility index (Phi) is 3.86. The zero-order valence-corrected chi connectivity index (χ0v) is 8.92. The van der Waals surface area contributed by atoms with Gasteiger partial charge in [-0.3, -0.25) is 20.2 Å². The molecule has 0 amide bonds. The van der Waals surface area contributed by atoms with Gasteiger partial charge in [0.2, 0.25) is 5.70 Å². The predicted molar refractivity (Wildman–Crippen MR) is 58.3 cm³/mol. The molecule has 1 aromatic rings. The quantitative estimate of drug-likeness (QED) is 0.598. The summed E-state index contributed by atoms with van der Waals surface area (Å²) in [4.78, 5) is 19.7. The van der Waals surface area contributed by atoms with Crippen LogP contribution in [0.25, 0.3) is 6.08 Å². The lowest BCUT2D eigenvalue weighted by Crippen LogP contribution is -1.98. The Morgan fingerprint density at radius 2 is 2.06 bits per heavy atom. The molecule has 6 nitrogen and oxygen atoms in total. The van der Waals surface area contributed by atoms with Crippen LogP contribution in [0, 0.1) is 26.0 Å². The average molecular weight is 240 g/mol. The van der Waals surface area contributed by atoms with Gasteiger partial charge < -0.3 is 0 Å². The molecule has 0 aliphatic rings. The van der Waals surface area contributed by atoms with Gasteiger partial charge in [-0.2, -0.15) is 0 Å². The van der Waals surface area contributed by atoms with Crippen LogP contribution in [0.15, 0.2) is 23.9 Å². The van der Waals surface area contributed by atoms with Crippen LogP contribution in [0.3, 0.4) is 0 Å². The third-order valence-corrected chi connectivity index (χ3v) is 2.11. The van der Waals surface area contributed by atoms with Crippen LogP contribution in [0.5, 0.6) is 0 Å². The molecule has 0 heterocycles. The SMILES string of the molecule is CC/C(=C/c1cc([N+](=O)[O-])ccc1F)[N+](=O)[O-]. The zero-order chi connectivity index (χ0) is 13.0. The van der Waals surface area contributed by atoms with E-state index in [2.05, 4.69) is 0 Å². The summed E-state index contributed by atoms with van der Waals surface area (Å²) in [5.41, 5.74) is -0.673. The van der Waals surface area contributed by atoms with Crippen molar-refractivity contribution in [2.24, 2.45) is 0 Å². The maximum Gasteiger partial charge on any atom is 0.270 e. The lowest BCUT2D eigenvalue weighted by atomic mass is 10.1. The molecule has 0 bridgehead atoms. The number of hydrogen-bond donors (Lipinski definition) is 0. The Bertz CT molecular complexity index is 499. The monoisotopic (exact) mass is 240 g/mol. The highest BCUT2D eigenvalue weighted by atomic mass is 19.1. The molecule has 0 aromatic heterocycles. The molecule has 17 heavy (non-hydrogen) atoms. The van der Waals surface area contributed by atoms with Gasteiger partial charge in [0.1, 0.15) is 5.82 Å². The second-order valence-corrected chi connectivity index (χ2v) is 3.21. The Labute approximate surface area is 95.7 Å². The fourth-order valence-corrected chi connectivity index (χ4v) is 1.22. The van der Waals surface area contributed by atoms with Crippen LogP contribution in [0.1, 0.15) is 18.9 Å². The number of hydrogen-bond acceptors (Lipinski definition) is 4. The van der Waals surface area contributed by atoms with Gasteiger partial charge in [-0.1, -0.05) is 6.92 Å². The predicted octanol–water partition coefficient (Wildman–Crippen LogP) is 2.76. The van der Waals surface area contributed by atoms with Gasteiger partial charge in [0.25, 0.3) is 5.69 Å². The van der Waals surface area contributed by atoms with Crippen molar-refractivity contribution in [3.63, 3.8) is 0 Å². The molecule has 0 atom stereocenters. The minimum absolute atomic E-state index is 0.106. The summed E-state index contributed by atoms with van der Waals surface area (Å²) in [7, 11) is 0. The second-order valence-electron chi connectivity index (χ2n) is 3.21. The fraction of sp³-hybridized carbons (Fsp3) is 0.200. The van der Waals surface area contributed by atoms with Crippen molar-refractivity contribution in [1.29, 1.82) is 0 Å². The number of non-ortho nitro benzene ring substituents is 1. The number of nitro benzene ring substituents is 1. The second kappa shape index (κ2) is 5.15. The summed E-state index contributed by atoms with van der Waals surface area (Å²) in [5.74, 6) is -0.733. The molecular formula is C10H9FN2O4. The normalized spacial score (nSPS) is 11.3. The van der Waals surface area contributed by atoms with Gasteiger partial charge in [-0.05, 0) is 6.07 Å². The third-order valence-electron chi connectivity index (χ3n) is 2.11. The minimum atomic E-state index is -0.733. The fourth-order valence-electron chi connectivity index (χ4n) is 1.22. The summed E-state index contributed by atoms with van der Waals surface area (Å²) in [6.45, 7) is 1.55. The Morgan fingerprint density at radius 3 is 2.53 bits per heavy atom. The van der Waals surface area contributed by atoms with Gasteiger partial charge in [0.05, 0.1) is 9.85 Å². The van der Waals surface area contributed by atoms with E-state index in [1.165, 1.54) is 0 Å². The molecular weight excluding hydrogens is 231 g/mol. The van der Waals surface area contributed by atoms with E-state index in [1.54, 1.807) is 6.92 Å². The van der Waals surface area contributed by atoms with Crippen LogP contribution < -0.4 is 0 Å². The van der Waals surface area contributed by atoms with Crippen molar-refractivity contribution in [2.45, 2.75) is 13.3 Å². The van der Waals surface area contributed by atoms with Gasteiger partial charge in [0.15, 0.2) is 0 Å². The Balaban J connectivity index is 3.25. The van der Waals surface area contributed by atoms with Crippen molar-refractivity contribution in [2.75, 3.05) is 0 Å². The largest absolute Gasteiger partial charge is 0.270 e.